The molecule has 0 aromatic heterocycles. The lowest BCUT2D eigenvalue weighted by Crippen LogP contribution is -2.54. The molecule has 1 aliphatic heterocycles. The van der Waals surface area contributed by atoms with Crippen molar-refractivity contribution in [3.05, 3.63) is 108 Å². The smallest absolute Gasteiger partial charge is 0.0658 e. The molecule has 37 heavy (non-hydrogen) atoms. The molecule has 0 radical (unpaired) electrons. The van der Waals surface area contributed by atoms with E-state index in [4.69, 9.17) is 0 Å². The molecule has 4 aromatic carbocycles. The number of nitrogens with zero attached hydrogens (tertiary/aromatic N) is 1. The van der Waals surface area contributed by atoms with Gasteiger partial charge in [0.05, 0.1) is 10.3 Å². The highest BCUT2D eigenvalue weighted by molar-refractivity contribution is 7.99. The average Bonchev–Trinajstić information content (AvgIpc) is 3.31. The van der Waals surface area contributed by atoms with E-state index in [-0.39, 0.29) is 15.7 Å². The predicted molar refractivity (Wildman–Crippen MR) is 160 cm³/mol. The van der Waals surface area contributed by atoms with Crippen molar-refractivity contribution in [1.29, 1.82) is 0 Å². The van der Waals surface area contributed by atoms with Crippen LogP contribution in [0.4, 0.5) is 11.4 Å². The zero-order valence-electron chi connectivity index (χ0n) is 22.3. The summed E-state index contributed by atoms with van der Waals surface area (Å²) < 4.78 is 0.0959. The van der Waals surface area contributed by atoms with Crippen LogP contribution in [0.25, 0.3) is 22.3 Å². The van der Waals surface area contributed by atoms with Gasteiger partial charge in [0.2, 0.25) is 0 Å². The summed E-state index contributed by atoms with van der Waals surface area (Å²) in [6.07, 6.45) is 7.39. The number of hydrogen-bond acceptors (Lipinski definition) is 2. The second-order valence-corrected chi connectivity index (χ2v) is 13.0. The van der Waals surface area contributed by atoms with Gasteiger partial charge >= 0.3 is 0 Å². The Morgan fingerprint density at radius 2 is 1.30 bits per heavy atom. The van der Waals surface area contributed by atoms with Gasteiger partial charge in [-0.1, -0.05) is 87.4 Å². The van der Waals surface area contributed by atoms with Crippen LogP contribution in [0.3, 0.4) is 0 Å². The van der Waals surface area contributed by atoms with E-state index in [1.807, 2.05) is 0 Å². The molecule has 2 atom stereocenters. The summed E-state index contributed by atoms with van der Waals surface area (Å²) in [4.78, 5) is 2.67. The first-order valence-corrected chi connectivity index (χ1v) is 14.9. The molecule has 0 N–H and O–H groups in total. The molecule has 2 aliphatic carbocycles. The van der Waals surface area contributed by atoms with Crippen molar-refractivity contribution in [3.8, 4) is 22.3 Å². The summed E-state index contributed by atoms with van der Waals surface area (Å²) in [6, 6.07) is 34.5. The summed E-state index contributed by atoms with van der Waals surface area (Å²) in [5.74, 6) is 0. The van der Waals surface area contributed by atoms with Gasteiger partial charge in [-0.2, -0.15) is 11.8 Å². The molecule has 1 saturated carbocycles. The molecule has 0 amide bonds. The lowest BCUT2D eigenvalue weighted by atomic mass is 9.71. The highest BCUT2D eigenvalue weighted by atomic mass is 32.2. The quantitative estimate of drug-likeness (QED) is 0.275. The predicted octanol–water partition coefficient (Wildman–Crippen LogP) is 9.70. The fourth-order valence-electron chi connectivity index (χ4n) is 7.85. The average molecular weight is 502 g/mol. The van der Waals surface area contributed by atoms with E-state index in [0.717, 1.165) is 0 Å². The fraction of sp³-hybridized carbons (Fsp3) is 0.314. The van der Waals surface area contributed by atoms with E-state index in [0.29, 0.717) is 0 Å². The number of thioether (sulfide) groups is 1. The van der Waals surface area contributed by atoms with Crippen molar-refractivity contribution in [2.45, 2.75) is 62.2 Å². The minimum Gasteiger partial charge on any atom is -0.334 e. The molecule has 0 bridgehead atoms. The number of benzene rings is 4. The van der Waals surface area contributed by atoms with Crippen LogP contribution in [0.1, 0.15) is 63.1 Å². The molecule has 1 nitrogen and oxygen atoms in total. The Bertz CT molecular complexity index is 1520. The Balaban J connectivity index is 1.40. The standard InChI is InChI=1S/C35H35NS/c1-33(2)29-15-9-8-14-27(29)28-18-16-24(22-30(28)33)25-17-19-32-31(23-25)35(37-4)21-11-10-20-34(35,3)36(32)26-12-6-5-7-13-26/h5-9,12-19,22-23H,10-11,20-21H2,1-4H3. The maximum absolute atomic E-state index is 2.67. The normalized spacial score (nSPS) is 24.8. The Hall–Kier alpha value is -2.97. The van der Waals surface area contributed by atoms with Crippen molar-refractivity contribution in [2.75, 3.05) is 11.2 Å². The highest BCUT2D eigenvalue weighted by Crippen LogP contribution is 2.65. The molecule has 1 heterocycles. The first-order chi connectivity index (χ1) is 17.9. The summed E-state index contributed by atoms with van der Waals surface area (Å²) in [5.41, 5.74) is 12.6. The first kappa shape index (κ1) is 23.2. The second-order valence-electron chi connectivity index (χ2n) is 11.8. The molecular formula is C35H35NS. The van der Waals surface area contributed by atoms with Crippen LogP contribution < -0.4 is 4.90 Å². The Morgan fingerprint density at radius 3 is 2.08 bits per heavy atom. The minimum atomic E-state index is 0.0191. The van der Waals surface area contributed by atoms with Crippen LogP contribution in [0.2, 0.25) is 0 Å². The van der Waals surface area contributed by atoms with E-state index in [9.17, 15) is 0 Å². The third-order valence-electron chi connectivity index (χ3n) is 9.76. The largest absolute Gasteiger partial charge is 0.334 e. The van der Waals surface area contributed by atoms with E-state index in [1.165, 1.54) is 76.0 Å². The van der Waals surface area contributed by atoms with Gasteiger partial charge in [0.1, 0.15) is 0 Å². The topological polar surface area (TPSA) is 3.24 Å². The van der Waals surface area contributed by atoms with E-state index in [1.54, 1.807) is 0 Å². The van der Waals surface area contributed by atoms with Gasteiger partial charge in [0.25, 0.3) is 0 Å². The maximum Gasteiger partial charge on any atom is 0.0658 e. The maximum atomic E-state index is 2.67. The number of rotatable bonds is 3. The van der Waals surface area contributed by atoms with Crippen LogP contribution in [0, 0.1) is 0 Å². The van der Waals surface area contributed by atoms with Gasteiger partial charge in [0, 0.05) is 16.8 Å². The molecule has 0 spiro atoms. The minimum absolute atomic E-state index is 0.0191. The SMILES string of the molecule is CSC12CCCCC1(C)N(c1ccccc1)c1ccc(-c3ccc4c(c3)C(C)(C)c3ccccc3-4)cc12. The van der Waals surface area contributed by atoms with Gasteiger partial charge < -0.3 is 4.90 Å². The lowest BCUT2D eigenvalue weighted by Gasteiger charge is -2.51. The third-order valence-corrected chi connectivity index (χ3v) is 11.3. The van der Waals surface area contributed by atoms with Crippen LogP contribution in [-0.2, 0) is 10.2 Å². The second kappa shape index (κ2) is 8.01. The van der Waals surface area contributed by atoms with Crippen molar-refractivity contribution in [1.82, 2.24) is 0 Å². The van der Waals surface area contributed by atoms with E-state index >= 15 is 0 Å². The van der Waals surface area contributed by atoms with Crippen molar-refractivity contribution in [3.63, 3.8) is 0 Å². The van der Waals surface area contributed by atoms with Crippen LogP contribution in [0.15, 0.2) is 91.0 Å². The lowest BCUT2D eigenvalue weighted by molar-refractivity contribution is 0.262. The molecule has 3 aliphatic rings. The highest BCUT2D eigenvalue weighted by Gasteiger charge is 2.60. The molecule has 4 aromatic rings. The third kappa shape index (κ3) is 3.00. The van der Waals surface area contributed by atoms with E-state index < -0.39 is 0 Å². The molecule has 2 heteroatoms. The molecule has 186 valence electrons. The van der Waals surface area contributed by atoms with Crippen molar-refractivity contribution in [2.24, 2.45) is 0 Å². The molecule has 2 unspecified atom stereocenters. The van der Waals surface area contributed by atoms with Gasteiger partial charge in [0.15, 0.2) is 0 Å². The summed E-state index contributed by atoms with van der Waals surface area (Å²) in [6.45, 7) is 7.26. The van der Waals surface area contributed by atoms with Crippen LogP contribution in [-0.4, -0.2) is 11.8 Å². The number of para-hydroxylation sites is 1. The summed E-state index contributed by atoms with van der Waals surface area (Å²) >= 11 is 2.08. The van der Waals surface area contributed by atoms with Crippen LogP contribution >= 0.6 is 11.8 Å². The Labute approximate surface area is 225 Å². The first-order valence-electron chi connectivity index (χ1n) is 13.7. The number of anilines is 2. The fourth-order valence-corrected chi connectivity index (χ4v) is 9.21. The number of hydrogen-bond donors (Lipinski definition) is 0. The molecular weight excluding hydrogens is 466 g/mol. The zero-order valence-corrected chi connectivity index (χ0v) is 23.2. The number of fused-ring (bicyclic) bond motifs is 6. The van der Waals surface area contributed by atoms with Crippen molar-refractivity contribution < 1.29 is 0 Å². The molecule has 1 fully saturated rings. The van der Waals surface area contributed by atoms with Gasteiger partial charge in [-0.15, -0.1) is 0 Å². The van der Waals surface area contributed by atoms with Gasteiger partial charge in [-0.05, 0) is 95.3 Å². The van der Waals surface area contributed by atoms with E-state index in [2.05, 4.69) is 135 Å². The van der Waals surface area contributed by atoms with Crippen LogP contribution in [0.5, 0.6) is 0 Å². The van der Waals surface area contributed by atoms with Crippen molar-refractivity contribution >= 4 is 23.1 Å². The molecule has 0 saturated heterocycles. The Kier molecular flexibility index (Phi) is 5.02. The monoisotopic (exact) mass is 501 g/mol. The van der Waals surface area contributed by atoms with Gasteiger partial charge in [-0.3, -0.25) is 0 Å². The molecule has 7 rings (SSSR count). The Morgan fingerprint density at radius 1 is 0.649 bits per heavy atom. The zero-order chi connectivity index (χ0) is 25.4. The summed E-state index contributed by atoms with van der Waals surface area (Å²) in [7, 11) is 0. The summed E-state index contributed by atoms with van der Waals surface area (Å²) in [5, 5.41) is 0. The van der Waals surface area contributed by atoms with Gasteiger partial charge in [-0.25, -0.2) is 0 Å².